The van der Waals surface area contributed by atoms with E-state index in [-0.39, 0.29) is 0 Å². The number of benzene rings is 1. The van der Waals surface area contributed by atoms with Crippen LogP contribution in [0.25, 0.3) is 0 Å². The summed E-state index contributed by atoms with van der Waals surface area (Å²) in [6.07, 6.45) is 3.64. The van der Waals surface area contributed by atoms with Crippen molar-refractivity contribution < 1.29 is 9.47 Å². The van der Waals surface area contributed by atoms with Gasteiger partial charge in [-0.05, 0) is 24.9 Å². The molecule has 0 radical (unpaired) electrons. The van der Waals surface area contributed by atoms with Crippen LogP contribution >= 0.6 is 0 Å². The lowest BCUT2D eigenvalue weighted by molar-refractivity contribution is 0.0773. The van der Waals surface area contributed by atoms with E-state index in [1.165, 1.54) is 11.1 Å². The van der Waals surface area contributed by atoms with Crippen LogP contribution in [0.1, 0.15) is 43.9 Å². The van der Waals surface area contributed by atoms with Gasteiger partial charge in [0.2, 0.25) is 0 Å². The molecule has 2 aliphatic rings. The Kier molecular flexibility index (Phi) is 4.27. The molecule has 1 N–H and O–H groups in total. The summed E-state index contributed by atoms with van der Waals surface area (Å²) in [5.74, 6) is 1.68. The van der Waals surface area contributed by atoms with Crippen LogP contribution in [0.3, 0.4) is 0 Å². The molecule has 3 rings (SSSR count). The zero-order valence-corrected chi connectivity index (χ0v) is 12.5. The number of ether oxygens (including phenoxy) is 2. The van der Waals surface area contributed by atoms with Crippen LogP contribution in [0, 0.1) is 5.92 Å². The van der Waals surface area contributed by atoms with E-state index in [0.717, 1.165) is 44.8 Å². The van der Waals surface area contributed by atoms with Crippen molar-refractivity contribution in [3.63, 3.8) is 0 Å². The Morgan fingerprint density at radius 1 is 1.30 bits per heavy atom. The Morgan fingerprint density at radius 3 is 3.00 bits per heavy atom. The molecule has 1 aromatic carbocycles. The maximum absolute atomic E-state index is 5.90. The van der Waals surface area contributed by atoms with Crippen molar-refractivity contribution in [1.82, 2.24) is 5.32 Å². The maximum atomic E-state index is 5.90. The first-order valence-electron chi connectivity index (χ1n) is 7.94. The Morgan fingerprint density at radius 2 is 2.20 bits per heavy atom. The molecular weight excluding hydrogens is 250 g/mol. The maximum Gasteiger partial charge on any atom is 0.127 e. The molecule has 0 bridgehead atoms. The highest BCUT2D eigenvalue weighted by Gasteiger charge is 2.36. The lowest BCUT2D eigenvalue weighted by Gasteiger charge is -2.29. The molecule has 3 atom stereocenters. The standard InChI is InChI=1S/C17H25NO2/c1-3-15-13(9-11-19-15)16(18-4-2)14-7-5-6-12-8-10-20-17(12)14/h5-7,13,15-16,18H,3-4,8-11H2,1-2H3. The molecule has 3 nitrogen and oxygen atoms in total. The molecule has 1 fully saturated rings. The first-order valence-corrected chi connectivity index (χ1v) is 7.94. The summed E-state index contributed by atoms with van der Waals surface area (Å²) in [5.41, 5.74) is 2.69. The lowest BCUT2D eigenvalue weighted by atomic mass is 9.85. The summed E-state index contributed by atoms with van der Waals surface area (Å²) in [6, 6.07) is 6.93. The molecule has 0 aliphatic carbocycles. The Bertz CT molecular complexity index is 460. The molecule has 3 heteroatoms. The highest BCUT2D eigenvalue weighted by Crippen LogP contribution is 2.41. The predicted molar refractivity (Wildman–Crippen MR) is 80.2 cm³/mol. The van der Waals surface area contributed by atoms with Gasteiger partial charge in [-0.2, -0.15) is 0 Å². The molecule has 110 valence electrons. The van der Waals surface area contributed by atoms with E-state index < -0.39 is 0 Å². The monoisotopic (exact) mass is 275 g/mol. The van der Waals surface area contributed by atoms with Gasteiger partial charge >= 0.3 is 0 Å². The van der Waals surface area contributed by atoms with Gasteiger partial charge in [0.05, 0.1) is 12.7 Å². The van der Waals surface area contributed by atoms with Crippen molar-refractivity contribution in [2.45, 2.75) is 45.3 Å². The largest absolute Gasteiger partial charge is 0.493 e. The van der Waals surface area contributed by atoms with Crippen LogP contribution in [0.5, 0.6) is 5.75 Å². The van der Waals surface area contributed by atoms with E-state index in [0.29, 0.717) is 18.1 Å². The molecule has 0 spiro atoms. The second kappa shape index (κ2) is 6.15. The molecule has 1 saturated heterocycles. The third-order valence-corrected chi connectivity index (χ3v) is 4.60. The molecule has 20 heavy (non-hydrogen) atoms. The van der Waals surface area contributed by atoms with Crippen LogP contribution in [0.4, 0.5) is 0 Å². The summed E-state index contributed by atoms with van der Waals surface area (Å²) in [6.45, 7) is 7.08. The molecular formula is C17H25NO2. The molecule has 1 aromatic rings. The molecule has 3 unspecified atom stereocenters. The van der Waals surface area contributed by atoms with E-state index in [4.69, 9.17) is 9.47 Å². The van der Waals surface area contributed by atoms with Gasteiger partial charge in [-0.1, -0.05) is 32.0 Å². The predicted octanol–water partition coefficient (Wildman–Crippen LogP) is 3.09. The minimum absolute atomic E-state index is 0.348. The average Bonchev–Trinajstić information content (AvgIpc) is 3.12. The zero-order valence-electron chi connectivity index (χ0n) is 12.5. The number of rotatable bonds is 5. The SMILES string of the molecule is CCNC(c1cccc2c1OCC2)C1CCOC1CC. The summed E-state index contributed by atoms with van der Waals surface area (Å²) < 4.78 is 11.8. The van der Waals surface area contributed by atoms with Gasteiger partial charge < -0.3 is 14.8 Å². The van der Waals surface area contributed by atoms with Gasteiger partial charge in [0, 0.05) is 30.6 Å². The smallest absolute Gasteiger partial charge is 0.127 e. The molecule has 2 aliphatic heterocycles. The van der Waals surface area contributed by atoms with Gasteiger partial charge in [0.15, 0.2) is 0 Å². The quantitative estimate of drug-likeness (QED) is 0.895. The fraction of sp³-hybridized carbons (Fsp3) is 0.647. The summed E-state index contributed by atoms with van der Waals surface area (Å²) in [5, 5.41) is 3.67. The fourth-order valence-corrected chi connectivity index (χ4v) is 3.66. The number of nitrogens with one attached hydrogen (secondary N) is 1. The second-order valence-electron chi connectivity index (χ2n) is 5.74. The Balaban J connectivity index is 1.93. The molecule has 0 saturated carbocycles. The van der Waals surface area contributed by atoms with Gasteiger partial charge in [-0.25, -0.2) is 0 Å². The zero-order chi connectivity index (χ0) is 13.9. The molecule has 0 amide bonds. The minimum atomic E-state index is 0.348. The first-order chi connectivity index (χ1) is 9.85. The van der Waals surface area contributed by atoms with Gasteiger partial charge in [0.1, 0.15) is 5.75 Å². The van der Waals surface area contributed by atoms with E-state index in [1.807, 2.05) is 0 Å². The van der Waals surface area contributed by atoms with Crippen molar-refractivity contribution in [3.05, 3.63) is 29.3 Å². The normalized spacial score (nSPS) is 26.3. The second-order valence-corrected chi connectivity index (χ2v) is 5.74. The van der Waals surface area contributed by atoms with Crippen LogP contribution in [-0.4, -0.2) is 25.9 Å². The average molecular weight is 275 g/mol. The van der Waals surface area contributed by atoms with Crippen molar-refractivity contribution in [2.24, 2.45) is 5.92 Å². The lowest BCUT2D eigenvalue weighted by Crippen LogP contribution is -2.33. The first kappa shape index (κ1) is 13.9. The van der Waals surface area contributed by atoms with E-state index in [9.17, 15) is 0 Å². The number of hydrogen-bond acceptors (Lipinski definition) is 3. The van der Waals surface area contributed by atoms with Crippen LogP contribution < -0.4 is 10.1 Å². The van der Waals surface area contributed by atoms with Gasteiger partial charge in [-0.15, -0.1) is 0 Å². The van der Waals surface area contributed by atoms with Crippen molar-refractivity contribution in [1.29, 1.82) is 0 Å². The Hall–Kier alpha value is -1.06. The highest BCUT2D eigenvalue weighted by atomic mass is 16.5. The number of para-hydroxylation sites is 1. The minimum Gasteiger partial charge on any atom is -0.493 e. The fourth-order valence-electron chi connectivity index (χ4n) is 3.66. The van der Waals surface area contributed by atoms with E-state index >= 15 is 0 Å². The van der Waals surface area contributed by atoms with E-state index in [1.54, 1.807) is 0 Å². The summed E-state index contributed by atoms with van der Waals surface area (Å²) >= 11 is 0. The van der Waals surface area contributed by atoms with Crippen molar-refractivity contribution in [2.75, 3.05) is 19.8 Å². The highest BCUT2D eigenvalue weighted by molar-refractivity contribution is 5.46. The van der Waals surface area contributed by atoms with Crippen LogP contribution in [0.15, 0.2) is 18.2 Å². The third kappa shape index (κ3) is 2.45. The Labute approximate surface area is 121 Å². The molecule has 0 aromatic heterocycles. The van der Waals surface area contributed by atoms with Crippen LogP contribution in [-0.2, 0) is 11.2 Å². The third-order valence-electron chi connectivity index (χ3n) is 4.60. The molecule has 2 heterocycles. The van der Waals surface area contributed by atoms with Crippen molar-refractivity contribution in [3.8, 4) is 5.75 Å². The van der Waals surface area contributed by atoms with Gasteiger partial charge in [-0.3, -0.25) is 0 Å². The topological polar surface area (TPSA) is 30.5 Å². The van der Waals surface area contributed by atoms with Crippen LogP contribution in [0.2, 0.25) is 0 Å². The number of hydrogen-bond donors (Lipinski definition) is 1. The van der Waals surface area contributed by atoms with E-state index in [2.05, 4.69) is 37.4 Å². The van der Waals surface area contributed by atoms with Gasteiger partial charge in [0.25, 0.3) is 0 Å². The summed E-state index contributed by atoms with van der Waals surface area (Å²) in [4.78, 5) is 0. The summed E-state index contributed by atoms with van der Waals surface area (Å²) in [7, 11) is 0. The number of fused-ring (bicyclic) bond motifs is 1. The van der Waals surface area contributed by atoms with Crippen molar-refractivity contribution >= 4 is 0 Å².